The second-order valence-corrected chi connectivity index (χ2v) is 9.52. The number of hydrogen-bond acceptors (Lipinski definition) is 7. The van der Waals surface area contributed by atoms with Gasteiger partial charge in [-0.05, 0) is 30.0 Å². The molecule has 0 unspecified atom stereocenters. The molecule has 0 aliphatic carbocycles. The third kappa shape index (κ3) is 4.85. The Bertz CT molecular complexity index is 1590. The molecule has 0 atom stereocenters. The fourth-order valence-corrected chi connectivity index (χ4v) is 5.33. The van der Waals surface area contributed by atoms with E-state index < -0.39 is 23.7 Å². The Morgan fingerprint density at radius 3 is 2.54 bits per heavy atom. The zero-order valence-corrected chi connectivity index (χ0v) is 20.7. The Balaban J connectivity index is 1.54. The molecule has 37 heavy (non-hydrogen) atoms. The largest absolute Gasteiger partial charge is 0.462 e. The lowest BCUT2D eigenvalue weighted by atomic mass is 10.0. The van der Waals surface area contributed by atoms with Crippen LogP contribution in [0.2, 0.25) is 0 Å². The van der Waals surface area contributed by atoms with E-state index in [-0.39, 0.29) is 34.2 Å². The monoisotopic (exact) mass is 542 g/mol. The number of ether oxygens (including phenoxy) is 1. The number of aromatic nitrogens is 3. The molecule has 12 heteroatoms. The van der Waals surface area contributed by atoms with Crippen LogP contribution < -0.4 is 5.32 Å². The van der Waals surface area contributed by atoms with Crippen molar-refractivity contribution in [2.24, 2.45) is 0 Å². The molecule has 4 heterocycles. The van der Waals surface area contributed by atoms with Crippen molar-refractivity contribution in [1.29, 1.82) is 0 Å². The number of nitrogens with zero attached hydrogens (tertiary/aromatic N) is 3. The van der Waals surface area contributed by atoms with Gasteiger partial charge in [0, 0.05) is 17.0 Å². The van der Waals surface area contributed by atoms with Crippen LogP contribution in [0.1, 0.15) is 33.5 Å². The van der Waals surface area contributed by atoms with Gasteiger partial charge < -0.3 is 10.1 Å². The summed E-state index contributed by atoms with van der Waals surface area (Å²) in [6, 6.07) is 14.5. The quantitative estimate of drug-likeness (QED) is 0.243. The van der Waals surface area contributed by atoms with E-state index in [4.69, 9.17) is 4.74 Å². The van der Waals surface area contributed by atoms with E-state index in [1.807, 2.05) is 30.3 Å². The zero-order valence-electron chi connectivity index (χ0n) is 19.1. The van der Waals surface area contributed by atoms with Crippen LogP contribution in [-0.2, 0) is 10.9 Å². The summed E-state index contributed by atoms with van der Waals surface area (Å²) in [5.41, 5.74) is 0.109. The molecule has 1 N–H and O–H groups in total. The Hall–Kier alpha value is -4.03. The predicted octanol–water partition coefficient (Wildman–Crippen LogP) is 6.63. The van der Waals surface area contributed by atoms with Gasteiger partial charge in [-0.1, -0.05) is 36.4 Å². The normalized spacial score (nSPS) is 11.6. The molecule has 7 nitrogen and oxygen atoms in total. The maximum Gasteiger partial charge on any atom is 0.433 e. The minimum absolute atomic E-state index is 0.122. The summed E-state index contributed by atoms with van der Waals surface area (Å²) in [4.78, 5) is 30.7. The van der Waals surface area contributed by atoms with E-state index in [1.165, 1.54) is 17.4 Å². The van der Waals surface area contributed by atoms with Crippen LogP contribution in [0.15, 0.2) is 65.4 Å². The molecule has 5 aromatic rings. The summed E-state index contributed by atoms with van der Waals surface area (Å²) in [6.45, 7) is 1.79. The third-order valence-corrected chi connectivity index (χ3v) is 7.09. The van der Waals surface area contributed by atoms with Crippen molar-refractivity contribution >= 4 is 45.2 Å². The molecule has 1 amide bonds. The highest BCUT2D eigenvalue weighted by Crippen LogP contribution is 2.37. The van der Waals surface area contributed by atoms with Crippen LogP contribution in [0.25, 0.3) is 27.3 Å². The van der Waals surface area contributed by atoms with Crippen LogP contribution in [0.4, 0.5) is 18.2 Å². The van der Waals surface area contributed by atoms with E-state index in [0.717, 1.165) is 23.0 Å². The lowest BCUT2D eigenvalue weighted by molar-refractivity contribution is -0.142. The Morgan fingerprint density at radius 1 is 1.08 bits per heavy atom. The van der Waals surface area contributed by atoms with Gasteiger partial charge in [0.15, 0.2) is 17.0 Å². The molecular formula is C25H17F3N4O3S2. The minimum Gasteiger partial charge on any atom is -0.462 e. The van der Waals surface area contributed by atoms with Gasteiger partial charge in [0.05, 0.1) is 17.2 Å². The number of benzene rings is 1. The molecule has 0 spiro atoms. The van der Waals surface area contributed by atoms with Gasteiger partial charge in [-0.15, -0.1) is 22.7 Å². The maximum absolute atomic E-state index is 13.8. The van der Waals surface area contributed by atoms with Crippen LogP contribution in [0.3, 0.4) is 0 Å². The smallest absolute Gasteiger partial charge is 0.433 e. The van der Waals surface area contributed by atoms with E-state index in [9.17, 15) is 22.8 Å². The van der Waals surface area contributed by atoms with Gasteiger partial charge >= 0.3 is 12.1 Å². The highest BCUT2D eigenvalue weighted by molar-refractivity contribution is 7.15. The minimum atomic E-state index is -4.73. The number of fused-ring (bicyclic) bond motifs is 1. The topological polar surface area (TPSA) is 85.6 Å². The number of anilines is 1. The van der Waals surface area contributed by atoms with Gasteiger partial charge in [-0.2, -0.15) is 18.3 Å². The average molecular weight is 543 g/mol. The fourth-order valence-electron chi connectivity index (χ4n) is 3.69. The number of nitrogens with one attached hydrogen (secondary N) is 1. The molecule has 0 fully saturated rings. The van der Waals surface area contributed by atoms with Crippen LogP contribution in [-0.4, -0.2) is 33.1 Å². The molecular weight excluding hydrogens is 525 g/mol. The summed E-state index contributed by atoms with van der Waals surface area (Å²) < 4.78 is 47.3. The number of amides is 1. The van der Waals surface area contributed by atoms with Crippen molar-refractivity contribution < 1.29 is 27.5 Å². The lowest BCUT2D eigenvalue weighted by Gasteiger charge is -2.10. The second-order valence-electron chi connectivity index (χ2n) is 7.70. The van der Waals surface area contributed by atoms with Crippen LogP contribution in [0.5, 0.6) is 0 Å². The molecule has 188 valence electrons. The number of hydrogen-bond donors (Lipinski definition) is 1. The molecule has 0 bridgehead atoms. The standard InChI is InChI=1S/C25H17F3N4O3S2/c1-2-35-24(34)21-15(14-7-4-3-5-8-14)13-37-23(21)30-22(33)17-12-20-29-16(18-9-6-10-36-18)11-19(25(26,27)28)32(20)31-17/h3-13H,2H2,1H3,(H,30,33). The number of esters is 1. The first-order valence-corrected chi connectivity index (χ1v) is 12.7. The van der Waals surface area contributed by atoms with Gasteiger partial charge in [-0.25, -0.2) is 14.3 Å². The Morgan fingerprint density at radius 2 is 1.86 bits per heavy atom. The van der Waals surface area contributed by atoms with Gasteiger partial charge in [0.2, 0.25) is 0 Å². The van der Waals surface area contributed by atoms with Crippen LogP contribution in [0, 0.1) is 0 Å². The number of rotatable bonds is 6. The van der Waals surface area contributed by atoms with Gasteiger partial charge in [-0.3, -0.25) is 4.79 Å². The zero-order chi connectivity index (χ0) is 26.2. The van der Waals surface area contributed by atoms with Crippen molar-refractivity contribution in [3.8, 4) is 21.7 Å². The molecule has 0 aliphatic heterocycles. The number of alkyl halides is 3. The maximum atomic E-state index is 13.8. The summed E-state index contributed by atoms with van der Waals surface area (Å²) in [5.74, 6) is -1.42. The van der Waals surface area contributed by atoms with Crippen molar-refractivity contribution in [2.75, 3.05) is 11.9 Å². The SMILES string of the molecule is CCOC(=O)c1c(-c2ccccc2)csc1NC(=O)c1cc2nc(-c3cccs3)cc(C(F)(F)F)n2n1. The van der Waals surface area contributed by atoms with Crippen molar-refractivity contribution in [3.63, 3.8) is 0 Å². The third-order valence-electron chi connectivity index (χ3n) is 5.31. The number of thiophene rings is 2. The summed E-state index contributed by atoms with van der Waals surface area (Å²) in [7, 11) is 0. The first-order valence-electron chi connectivity index (χ1n) is 10.9. The first-order chi connectivity index (χ1) is 17.8. The fraction of sp³-hybridized carbons (Fsp3) is 0.120. The summed E-state index contributed by atoms with van der Waals surface area (Å²) >= 11 is 2.35. The van der Waals surface area contributed by atoms with E-state index >= 15 is 0 Å². The lowest BCUT2D eigenvalue weighted by Crippen LogP contribution is -2.16. The van der Waals surface area contributed by atoms with Crippen molar-refractivity contribution in [1.82, 2.24) is 14.6 Å². The van der Waals surface area contributed by atoms with E-state index in [1.54, 1.807) is 29.8 Å². The predicted molar refractivity (Wildman–Crippen MR) is 135 cm³/mol. The Kier molecular flexibility index (Phi) is 6.52. The summed E-state index contributed by atoms with van der Waals surface area (Å²) in [6.07, 6.45) is -4.73. The van der Waals surface area contributed by atoms with Crippen molar-refractivity contribution in [3.05, 3.63) is 82.3 Å². The molecule has 1 aromatic carbocycles. The number of halogens is 3. The highest BCUT2D eigenvalue weighted by atomic mass is 32.1. The van der Waals surface area contributed by atoms with E-state index in [2.05, 4.69) is 15.4 Å². The number of carbonyl (C=O) groups is 2. The Labute approximate surface area is 216 Å². The first kappa shape index (κ1) is 24.7. The summed E-state index contributed by atoms with van der Waals surface area (Å²) in [5, 5.41) is 10.1. The molecule has 4 aromatic heterocycles. The molecule has 0 saturated carbocycles. The van der Waals surface area contributed by atoms with Crippen LogP contribution >= 0.6 is 22.7 Å². The average Bonchev–Trinajstić information content (AvgIpc) is 3.63. The molecule has 0 saturated heterocycles. The van der Waals surface area contributed by atoms with Gasteiger partial charge in [0.1, 0.15) is 10.6 Å². The van der Waals surface area contributed by atoms with E-state index in [0.29, 0.717) is 15.0 Å². The molecule has 0 radical (unpaired) electrons. The molecule has 5 rings (SSSR count). The molecule has 0 aliphatic rings. The van der Waals surface area contributed by atoms with Gasteiger partial charge in [0.25, 0.3) is 5.91 Å². The second kappa shape index (κ2) is 9.79. The van der Waals surface area contributed by atoms with Crippen molar-refractivity contribution in [2.45, 2.75) is 13.1 Å². The number of carbonyl (C=O) groups excluding carboxylic acids is 2. The highest BCUT2D eigenvalue weighted by Gasteiger charge is 2.36.